The summed E-state index contributed by atoms with van der Waals surface area (Å²) < 4.78 is 24.5. The van der Waals surface area contributed by atoms with Crippen molar-refractivity contribution < 1.29 is 18.4 Å². The van der Waals surface area contributed by atoms with Gasteiger partial charge in [0.25, 0.3) is 0 Å². The highest BCUT2D eigenvalue weighted by Crippen LogP contribution is 2.23. The molecule has 0 aliphatic carbocycles. The SMILES string of the molecule is CC(C)(C)c1cc(CCC(=O)Nc2ccc(OCc3ccccc3F)cc2)no1. The molecule has 5 nitrogen and oxygen atoms in total. The minimum Gasteiger partial charge on any atom is -0.489 e. The van der Waals surface area contributed by atoms with Crippen LogP contribution in [0.15, 0.2) is 59.1 Å². The van der Waals surface area contributed by atoms with Gasteiger partial charge >= 0.3 is 0 Å². The minimum atomic E-state index is -0.293. The lowest BCUT2D eigenvalue weighted by atomic mass is 9.93. The van der Waals surface area contributed by atoms with Gasteiger partial charge in [0.1, 0.15) is 23.9 Å². The predicted octanol–water partition coefficient (Wildman–Crippen LogP) is 5.26. The number of nitrogens with zero attached hydrogens (tertiary/aromatic N) is 1. The first kappa shape index (κ1) is 20.6. The topological polar surface area (TPSA) is 64.4 Å². The van der Waals surface area contributed by atoms with E-state index in [-0.39, 0.29) is 23.7 Å². The fourth-order valence-electron chi connectivity index (χ4n) is 2.66. The van der Waals surface area contributed by atoms with Gasteiger partial charge in [0.15, 0.2) is 0 Å². The average molecular weight is 396 g/mol. The van der Waals surface area contributed by atoms with Gasteiger partial charge < -0.3 is 14.6 Å². The van der Waals surface area contributed by atoms with E-state index in [0.717, 1.165) is 11.5 Å². The van der Waals surface area contributed by atoms with E-state index in [1.165, 1.54) is 6.07 Å². The Labute approximate surface area is 169 Å². The van der Waals surface area contributed by atoms with Gasteiger partial charge in [0.05, 0.1) is 5.69 Å². The Morgan fingerprint density at radius 1 is 1.14 bits per heavy atom. The van der Waals surface area contributed by atoms with Gasteiger partial charge in [-0.25, -0.2) is 4.39 Å². The maximum Gasteiger partial charge on any atom is 0.224 e. The van der Waals surface area contributed by atoms with Crippen molar-refractivity contribution in [2.45, 2.75) is 45.6 Å². The highest BCUT2D eigenvalue weighted by Gasteiger charge is 2.19. The Morgan fingerprint density at radius 2 is 1.86 bits per heavy atom. The van der Waals surface area contributed by atoms with E-state index in [1.54, 1.807) is 42.5 Å². The molecule has 6 heteroatoms. The van der Waals surface area contributed by atoms with Crippen LogP contribution >= 0.6 is 0 Å². The molecule has 1 N–H and O–H groups in total. The second kappa shape index (κ2) is 8.90. The van der Waals surface area contributed by atoms with Gasteiger partial charge in [-0.2, -0.15) is 0 Å². The summed E-state index contributed by atoms with van der Waals surface area (Å²) in [6, 6.07) is 15.4. The zero-order chi connectivity index (χ0) is 20.9. The second-order valence-corrected chi connectivity index (χ2v) is 7.89. The zero-order valence-corrected chi connectivity index (χ0v) is 16.9. The van der Waals surface area contributed by atoms with Crippen molar-refractivity contribution in [3.8, 4) is 5.75 Å². The molecular weight excluding hydrogens is 371 g/mol. The zero-order valence-electron chi connectivity index (χ0n) is 16.9. The molecule has 0 radical (unpaired) electrons. The number of anilines is 1. The van der Waals surface area contributed by atoms with Crippen LogP contribution in [0.4, 0.5) is 10.1 Å². The minimum absolute atomic E-state index is 0.106. The molecule has 1 aromatic heterocycles. The lowest BCUT2D eigenvalue weighted by Gasteiger charge is -2.12. The molecule has 0 aliphatic rings. The molecule has 1 heterocycles. The fraction of sp³-hybridized carbons (Fsp3) is 0.304. The highest BCUT2D eigenvalue weighted by molar-refractivity contribution is 5.90. The van der Waals surface area contributed by atoms with E-state index < -0.39 is 0 Å². The van der Waals surface area contributed by atoms with Crippen molar-refractivity contribution in [3.63, 3.8) is 0 Å². The summed E-state index contributed by atoms with van der Waals surface area (Å²) in [5.74, 6) is 1.01. The number of rotatable bonds is 7. The summed E-state index contributed by atoms with van der Waals surface area (Å²) in [6.45, 7) is 6.29. The van der Waals surface area contributed by atoms with Gasteiger partial charge in [0, 0.05) is 35.6 Å². The molecule has 3 aromatic rings. The van der Waals surface area contributed by atoms with Gasteiger partial charge in [-0.3, -0.25) is 4.79 Å². The molecule has 0 bridgehead atoms. The Bertz CT molecular complexity index is 959. The number of ether oxygens (including phenoxy) is 1. The molecular formula is C23H25FN2O3. The molecule has 152 valence electrons. The van der Waals surface area contributed by atoms with Gasteiger partial charge in [-0.1, -0.05) is 44.1 Å². The first-order valence-corrected chi connectivity index (χ1v) is 9.53. The number of carbonyl (C=O) groups is 1. The predicted molar refractivity (Wildman–Crippen MR) is 109 cm³/mol. The lowest BCUT2D eigenvalue weighted by molar-refractivity contribution is -0.116. The third-order valence-electron chi connectivity index (χ3n) is 4.40. The van der Waals surface area contributed by atoms with Crippen LogP contribution in [0.5, 0.6) is 5.75 Å². The third kappa shape index (κ3) is 5.91. The number of hydrogen-bond donors (Lipinski definition) is 1. The largest absolute Gasteiger partial charge is 0.489 e. The monoisotopic (exact) mass is 396 g/mol. The van der Waals surface area contributed by atoms with Crippen LogP contribution in [-0.4, -0.2) is 11.1 Å². The van der Waals surface area contributed by atoms with Crippen molar-refractivity contribution in [1.82, 2.24) is 5.16 Å². The molecule has 0 atom stereocenters. The Kier molecular flexibility index (Phi) is 6.32. The fourth-order valence-corrected chi connectivity index (χ4v) is 2.66. The van der Waals surface area contributed by atoms with Crippen LogP contribution in [0.25, 0.3) is 0 Å². The highest BCUT2D eigenvalue weighted by atomic mass is 19.1. The smallest absolute Gasteiger partial charge is 0.224 e. The molecule has 29 heavy (non-hydrogen) atoms. The van der Waals surface area contributed by atoms with Crippen molar-refractivity contribution in [3.05, 3.63) is 77.4 Å². The van der Waals surface area contributed by atoms with Crippen molar-refractivity contribution in [2.24, 2.45) is 0 Å². The van der Waals surface area contributed by atoms with Gasteiger partial charge in [-0.15, -0.1) is 0 Å². The second-order valence-electron chi connectivity index (χ2n) is 7.89. The quantitative estimate of drug-likeness (QED) is 0.591. The third-order valence-corrected chi connectivity index (χ3v) is 4.40. The molecule has 0 fully saturated rings. The molecule has 0 saturated heterocycles. The molecule has 3 rings (SSSR count). The van der Waals surface area contributed by atoms with Crippen LogP contribution < -0.4 is 10.1 Å². The van der Waals surface area contributed by atoms with Crippen molar-refractivity contribution >= 4 is 11.6 Å². The average Bonchev–Trinajstić information content (AvgIpc) is 3.17. The Balaban J connectivity index is 1.47. The summed E-state index contributed by atoms with van der Waals surface area (Å²) in [5.41, 5.74) is 1.82. The molecule has 0 saturated carbocycles. The summed E-state index contributed by atoms with van der Waals surface area (Å²) in [7, 11) is 0. The normalized spacial score (nSPS) is 11.3. The Morgan fingerprint density at radius 3 is 2.52 bits per heavy atom. The summed E-state index contributed by atoms with van der Waals surface area (Å²) >= 11 is 0. The maximum absolute atomic E-state index is 13.6. The van der Waals surface area contributed by atoms with Crippen LogP contribution in [0.1, 0.15) is 44.2 Å². The molecule has 2 aromatic carbocycles. The maximum atomic E-state index is 13.6. The van der Waals surface area contributed by atoms with Crippen LogP contribution in [0, 0.1) is 5.82 Å². The summed E-state index contributed by atoms with van der Waals surface area (Å²) in [4.78, 5) is 12.2. The van der Waals surface area contributed by atoms with E-state index in [2.05, 4.69) is 10.5 Å². The first-order valence-electron chi connectivity index (χ1n) is 9.53. The van der Waals surface area contributed by atoms with Crippen LogP contribution in [-0.2, 0) is 23.2 Å². The van der Waals surface area contributed by atoms with Crippen molar-refractivity contribution in [2.75, 3.05) is 5.32 Å². The van der Waals surface area contributed by atoms with E-state index in [9.17, 15) is 9.18 Å². The Hall–Kier alpha value is -3.15. The number of benzene rings is 2. The number of aryl methyl sites for hydroxylation is 1. The van der Waals surface area contributed by atoms with Crippen molar-refractivity contribution in [1.29, 1.82) is 0 Å². The molecule has 0 unspecified atom stereocenters. The number of carbonyl (C=O) groups excluding carboxylic acids is 1. The lowest BCUT2D eigenvalue weighted by Crippen LogP contribution is -2.12. The van der Waals surface area contributed by atoms with Gasteiger partial charge in [-0.05, 0) is 30.3 Å². The number of nitrogens with one attached hydrogen (secondary N) is 1. The number of halogens is 1. The van der Waals surface area contributed by atoms with E-state index in [4.69, 9.17) is 9.26 Å². The van der Waals surface area contributed by atoms with E-state index >= 15 is 0 Å². The van der Waals surface area contributed by atoms with Crippen LogP contribution in [0.3, 0.4) is 0 Å². The molecule has 1 amide bonds. The standard InChI is InChI=1S/C23H25FN2O3/c1-23(2,3)21-14-18(26-29-21)10-13-22(27)25-17-8-11-19(12-9-17)28-15-16-6-4-5-7-20(16)24/h4-9,11-12,14H,10,13,15H2,1-3H3,(H,25,27). The number of hydrogen-bond acceptors (Lipinski definition) is 4. The number of aromatic nitrogens is 1. The summed E-state index contributed by atoms with van der Waals surface area (Å²) in [5, 5.41) is 6.87. The first-order chi connectivity index (χ1) is 13.8. The molecule has 0 aliphatic heterocycles. The molecule has 0 spiro atoms. The van der Waals surface area contributed by atoms with E-state index in [1.807, 2.05) is 26.8 Å². The summed E-state index contributed by atoms with van der Waals surface area (Å²) in [6.07, 6.45) is 0.816. The number of amides is 1. The van der Waals surface area contributed by atoms with Gasteiger partial charge in [0.2, 0.25) is 5.91 Å². The van der Waals surface area contributed by atoms with E-state index in [0.29, 0.717) is 29.8 Å². The van der Waals surface area contributed by atoms with Crippen LogP contribution in [0.2, 0.25) is 0 Å².